The van der Waals surface area contributed by atoms with E-state index in [2.05, 4.69) is 5.32 Å². The van der Waals surface area contributed by atoms with Gasteiger partial charge in [-0.25, -0.2) is 0 Å². The number of nitrogens with two attached hydrogens (primary N) is 2. The minimum Gasteiger partial charge on any atom is -0.493 e. The summed E-state index contributed by atoms with van der Waals surface area (Å²) in [7, 11) is 2.88. The smallest absolute Gasteiger partial charge is 0.255 e. The third-order valence-electron chi connectivity index (χ3n) is 4.36. The van der Waals surface area contributed by atoms with Gasteiger partial charge >= 0.3 is 0 Å². The number of nitrogens with one attached hydrogen (secondary N) is 1. The van der Waals surface area contributed by atoms with Crippen LogP contribution in [0.3, 0.4) is 0 Å². The monoisotopic (exact) mass is 387 g/mol. The van der Waals surface area contributed by atoms with Crippen LogP contribution in [0.2, 0.25) is 0 Å². The molecular formula is C17H26ClN3O5. The Bertz CT molecular complexity index is 616. The van der Waals surface area contributed by atoms with Gasteiger partial charge in [0, 0.05) is 11.6 Å². The number of methoxy groups -OCH3 is 2. The average molecular weight is 388 g/mol. The molecule has 2 unspecified atom stereocenters. The summed E-state index contributed by atoms with van der Waals surface area (Å²) in [6.07, 6.45) is 3.00. The van der Waals surface area contributed by atoms with E-state index >= 15 is 0 Å². The van der Waals surface area contributed by atoms with Gasteiger partial charge in [0.1, 0.15) is 0 Å². The molecule has 1 aliphatic rings. The van der Waals surface area contributed by atoms with Crippen molar-refractivity contribution in [2.75, 3.05) is 27.4 Å². The molecule has 26 heavy (non-hydrogen) atoms. The third-order valence-corrected chi connectivity index (χ3v) is 4.36. The predicted octanol–water partition coefficient (Wildman–Crippen LogP) is 0.847. The summed E-state index contributed by atoms with van der Waals surface area (Å²) in [4.78, 5) is 23.5. The summed E-state index contributed by atoms with van der Waals surface area (Å²) < 4.78 is 15.9. The van der Waals surface area contributed by atoms with E-state index in [0.717, 1.165) is 19.3 Å². The number of hydrogen-bond donors (Lipinski definition) is 3. The fourth-order valence-corrected chi connectivity index (χ4v) is 3.06. The molecule has 1 aromatic rings. The first-order valence-corrected chi connectivity index (χ1v) is 8.18. The molecular weight excluding hydrogens is 362 g/mol. The molecule has 146 valence electrons. The van der Waals surface area contributed by atoms with Crippen molar-refractivity contribution in [2.24, 2.45) is 17.4 Å². The SMILES string of the molecule is COc1cc(C(=O)NC2CCCC2CN)cc(OC)c1OCC(N)=O.Cl. The van der Waals surface area contributed by atoms with Gasteiger partial charge in [-0.1, -0.05) is 6.42 Å². The zero-order valence-electron chi connectivity index (χ0n) is 14.9. The maximum Gasteiger partial charge on any atom is 0.255 e. The molecule has 0 heterocycles. The van der Waals surface area contributed by atoms with Crippen molar-refractivity contribution in [3.05, 3.63) is 17.7 Å². The number of amides is 2. The first kappa shape index (κ1) is 21.9. The normalized spacial score (nSPS) is 18.6. The quantitative estimate of drug-likeness (QED) is 0.607. The molecule has 9 heteroatoms. The summed E-state index contributed by atoms with van der Waals surface area (Å²) >= 11 is 0. The molecule has 1 aromatic carbocycles. The molecule has 2 amide bonds. The molecule has 2 atom stereocenters. The molecule has 1 aliphatic carbocycles. The van der Waals surface area contributed by atoms with Crippen LogP contribution in [0, 0.1) is 5.92 Å². The standard InChI is InChI=1S/C17H25N3O5.ClH/c1-23-13-6-11(7-14(24-2)16(13)25-9-15(19)21)17(22)20-12-5-3-4-10(12)8-18;/h6-7,10,12H,3-5,8-9,18H2,1-2H3,(H2,19,21)(H,20,22);1H. The van der Waals surface area contributed by atoms with Gasteiger partial charge in [0.2, 0.25) is 5.75 Å². The van der Waals surface area contributed by atoms with Gasteiger partial charge in [0.05, 0.1) is 14.2 Å². The first-order valence-electron chi connectivity index (χ1n) is 8.18. The second-order valence-corrected chi connectivity index (χ2v) is 5.97. The maximum atomic E-state index is 12.6. The Hall–Kier alpha value is -2.19. The van der Waals surface area contributed by atoms with Gasteiger partial charge in [-0.05, 0) is 37.4 Å². The molecule has 0 aliphatic heterocycles. The second-order valence-electron chi connectivity index (χ2n) is 5.97. The second kappa shape index (κ2) is 10.1. The van der Waals surface area contributed by atoms with E-state index in [-0.39, 0.29) is 48.2 Å². The van der Waals surface area contributed by atoms with Crippen LogP contribution >= 0.6 is 12.4 Å². The maximum absolute atomic E-state index is 12.6. The number of ether oxygens (including phenoxy) is 3. The number of benzene rings is 1. The summed E-state index contributed by atoms with van der Waals surface area (Å²) in [5.41, 5.74) is 11.2. The highest BCUT2D eigenvalue weighted by Crippen LogP contribution is 2.38. The number of rotatable bonds is 8. The Morgan fingerprint density at radius 3 is 2.31 bits per heavy atom. The van der Waals surface area contributed by atoms with Crippen LogP contribution in [-0.4, -0.2) is 45.2 Å². The number of halogens is 1. The van der Waals surface area contributed by atoms with Gasteiger partial charge in [0.25, 0.3) is 11.8 Å². The van der Waals surface area contributed by atoms with Gasteiger partial charge in [-0.2, -0.15) is 0 Å². The van der Waals surface area contributed by atoms with Crippen LogP contribution in [0.4, 0.5) is 0 Å². The lowest BCUT2D eigenvalue weighted by Crippen LogP contribution is -2.39. The van der Waals surface area contributed by atoms with Crippen molar-refractivity contribution >= 4 is 24.2 Å². The van der Waals surface area contributed by atoms with E-state index in [4.69, 9.17) is 25.7 Å². The Balaban J connectivity index is 0.00000338. The Kier molecular flexibility index (Phi) is 8.47. The minimum absolute atomic E-state index is 0. The van der Waals surface area contributed by atoms with Gasteiger partial charge in [-0.15, -0.1) is 12.4 Å². The lowest BCUT2D eigenvalue weighted by molar-refractivity contribution is -0.120. The zero-order valence-corrected chi connectivity index (χ0v) is 15.8. The molecule has 2 rings (SSSR count). The summed E-state index contributed by atoms with van der Waals surface area (Å²) in [5.74, 6) is 0.232. The lowest BCUT2D eigenvalue weighted by atomic mass is 10.0. The van der Waals surface area contributed by atoms with Gasteiger partial charge in [0.15, 0.2) is 18.1 Å². The summed E-state index contributed by atoms with van der Waals surface area (Å²) in [5, 5.41) is 3.02. The highest BCUT2D eigenvalue weighted by Gasteiger charge is 2.28. The number of primary amides is 1. The first-order chi connectivity index (χ1) is 12.0. The van der Waals surface area contributed by atoms with E-state index in [1.54, 1.807) is 12.1 Å². The van der Waals surface area contributed by atoms with E-state index < -0.39 is 5.91 Å². The van der Waals surface area contributed by atoms with Crippen molar-refractivity contribution in [1.29, 1.82) is 0 Å². The molecule has 0 bridgehead atoms. The summed E-state index contributed by atoms with van der Waals surface area (Å²) in [6.45, 7) is 0.232. The number of hydrogen-bond acceptors (Lipinski definition) is 6. The molecule has 0 spiro atoms. The van der Waals surface area contributed by atoms with Crippen molar-refractivity contribution < 1.29 is 23.8 Å². The minimum atomic E-state index is -0.625. The highest BCUT2D eigenvalue weighted by atomic mass is 35.5. The highest BCUT2D eigenvalue weighted by molar-refractivity contribution is 5.96. The van der Waals surface area contributed by atoms with Crippen molar-refractivity contribution in [2.45, 2.75) is 25.3 Å². The van der Waals surface area contributed by atoms with E-state index in [9.17, 15) is 9.59 Å². The molecule has 5 N–H and O–H groups in total. The van der Waals surface area contributed by atoms with Crippen LogP contribution in [0.25, 0.3) is 0 Å². The average Bonchev–Trinajstić information content (AvgIpc) is 3.05. The van der Waals surface area contributed by atoms with Crippen LogP contribution < -0.4 is 31.0 Å². The topological polar surface area (TPSA) is 126 Å². The molecule has 0 saturated heterocycles. The Morgan fingerprint density at radius 2 is 1.81 bits per heavy atom. The van der Waals surface area contributed by atoms with Crippen molar-refractivity contribution in [3.8, 4) is 17.2 Å². The van der Waals surface area contributed by atoms with Crippen molar-refractivity contribution in [1.82, 2.24) is 5.32 Å². The molecule has 1 fully saturated rings. The Morgan fingerprint density at radius 1 is 1.19 bits per heavy atom. The van der Waals surface area contributed by atoms with Gasteiger partial charge < -0.3 is 31.0 Å². The Labute approximate surface area is 158 Å². The third kappa shape index (κ3) is 5.15. The summed E-state index contributed by atoms with van der Waals surface area (Å²) in [6, 6.07) is 3.15. The van der Waals surface area contributed by atoms with Crippen LogP contribution in [0.1, 0.15) is 29.6 Å². The van der Waals surface area contributed by atoms with E-state index in [1.807, 2.05) is 0 Å². The lowest BCUT2D eigenvalue weighted by Gasteiger charge is -2.20. The van der Waals surface area contributed by atoms with E-state index in [1.165, 1.54) is 14.2 Å². The molecule has 0 radical (unpaired) electrons. The van der Waals surface area contributed by atoms with Crippen molar-refractivity contribution in [3.63, 3.8) is 0 Å². The van der Waals surface area contributed by atoms with Gasteiger partial charge in [-0.3, -0.25) is 9.59 Å². The predicted molar refractivity (Wildman–Crippen MR) is 99.1 cm³/mol. The molecule has 0 aromatic heterocycles. The zero-order chi connectivity index (χ0) is 18.4. The van der Waals surface area contributed by atoms with Crippen LogP contribution in [0.5, 0.6) is 17.2 Å². The fraction of sp³-hybridized carbons (Fsp3) is 0.529. The van der Waals surface area contributed by atoms with Crippen LogP contribution in [-0.2, 0) is 4.79 Å². The van der Waals surface area contributed by atoms with E-state index in [0.29, 0.717) is 18.0 Å². The molecule has 8 nitrogen and oxygen atoms in total. The largest absolute Gasteiger partial charge is 0.493 e. The molecule has 1 saturated carbocycles. The number of carbonyl (C=O) groups is 2. The van der Waals surface area contributed by atoms with Crippen LogP contribution in [0.15, 0.2) is 12.1 Å². The fourth-order valence-electron chi connectivity index (χ4n) is 3.06. The number of carbonyl (C=O) groups excluding carboxylic acids is 2.